The lowest BCUT2D eigenvalue weighted by Gasteiger charge is -2.10. The van der Waals surface area contributed by atoms with Crippen molar-refractivity contribution >= 4 is 23.3 Å². The summed E-state index contributed by atoms with van der Waals surface area (Å²) in [6, 6.07) is 3.74. The van der Waals surface area contributed by atoms with Crippen LogP contribution in [0.4, 0.5) is 5.95 Å². The van der Waals surface area contributed by atoms with E-state index < -0.39 is 0 Å². The minimum absolute atomic E-state index is 0.518. The fourth-order valence-electron chi connectivity index (χ4n) is 1.58. The number of nitrogens with zero attached hydrogens (tertiary/aromatic N) is 2. The standard InChI is InChI=1S/C12H15N5OS/c1-18-10-3-2-5-13-9(10)4-6-16-12(19)17-11-14-7-8-15-11/h2-3,5,7-8H,4,6H2,1H3,(H3,14,15,16,17,19). The van der Waals surface area contributed by atoms with Gasteiger partial charge in [0.1, 0.15) is 5.75 Å². The molecule has 0 aliphatic carbocycles. The Labute approximate surface area is 116 Å². The maximum absolute atomic E-state index is 5.23. The fraction of sp³-hybridized carbons (Fsp3) is 0.250. The number of anilines is 1. The molecule has 2 aromatic rings. The lowest BCUT2D eigenvalue weighted by molar-refractivity contribution is 0.406. The molecule has 0 bridgehead atoms. The highest BCUT2D eigenvalue weighted by Crippen LogP contribution is 2.14. The van der Waals surface area contributed by atoms with Gasteiger partial charge in [0.2, 0.25) is 5.95 Å². The first-order chi connectivity index (χ1) is 9.29. The Morgan fingerprint density at radius 1 is 1.42 bits per heavy atom. The van der Waals surface area contributed by atoms with Gasteiger partial charge in [-0.15, -0.1) is 0 Å². The van der Waals surface area contributed by atoms with E-state index in [0.717, 1.165) is 17.9 Å². The lowest BCUT2D eigenvalue weighted by Crippen LogP contribution is -2.30. The van der Waals surface area contributed by atoms with Crippen LogP contribution in [0.3, 0.4) is 0 Å². The third kappa shape index (κ3) is 3.92. The normalized spacial score (nSPS) is 9.95. The predicted octanol–water partition coefficient (Wildman–Crippen LogP) is 1.34. The highest BCUT2D eigenvalue weighted by Gasteiger charge is 2.04. The van der Waals surface area contributed by atoms with Crippen LogP contribution in [-0.2, 0) is 6.42 Å². The van der Waals surface area contributed by atoms with Gasteiger partial charge in [-0.05, 0) is 24.4 Å². The molecular formula is C12H15N5OS. The largest absolute Gasteiger partial charge is 0.495 e. The molecule has 0 saturated carbocycles. The number of ether oxygens (including phenoxy) is 1. The number of pyridine rings is 1. The van der Waals surface area contributed by atoms with Crippen molar-refractivity contribution in [2.45, 2.75) is 6.42 Å². The molecule has 6 nitrogen and oxygen atoms in total. The molecular weight excluding hydrogens is 262 g/mol. The van der Waals surface area contributed by atoms with Gasteiger partial charge in [0.25, 0.3) is 0 Å². The molecule has 0 amide bonds. The molecule has 0 aromatic carbocycles. The predicted molar refractivity (Wildman–Crippen MR) is 77.3 cm³/mol. The van der Waals surface area contributed by atoms with E-state index in [1.54, 1.807) is 25.7 Å². The molecule has 7 heteroatoms. The van der Waals surface area contributed by atoms with Gasteiger partial charge in [-0.25, -0.2) is 4.98 Å². The van der Waals surface area contributed by atoms with Crippen molar-refractivity contribution in [3.63, 3.8) is 0 Å². The Balaban J connectivity index is 1.78. The number of hydrogen-bond acceptors (Lipinski definition) is 4. The smallest absolute Gasteiger partial charge is 0.206 e. The van der Waals surface area contributed by atoms with Crippen LogP contribution in [0.1, 0.15) is 5.69 Å². The number of aromatic amines is 1. The summed E-state index contributed by atoms with van der Waals surface area (Å²) in [6.45, 7) is 0.667. The van der Waals surface area contributed by atoms with E-state index in [1.807, 2.05) is 12.1 Å². The second kappa shape index (κ2) is 6.69. The van der Waals surface area contributed by atoms with E-state index in [9.17, 15) is 0 Å². The van der Waals surface area contributed by atoms with Gasteiger partial charge in [-0.1, -0.05) is 0 Å². The fourth-order valence-corrected chi connectivity index (χ4v) is 1.78. The van der Waals surface area contributed by atoms with Crippen molar-refractivity contribution < 1.29 is 4.74 Å². The molecule has 0 fully saturated rings. The monoisotopic (exact) mass is 277 g/mol. The number of nitrogens with one attached hydrogen (secondary N) is 3. The molecule has 0 aliphatic rings. The Morgan fingerprint density at radius 2 is 2.32 bits per heavy atom. The minimum atomic E-state index is 0.518. The number of rotatable bonds is 5. The summed E-state index contributed by atoms with van der Waals surface area (Å²) in [4.78, 5) is 11.2. The molecule has 0 unspecified atom stereocenters. The maximum Gasteiger partial charge on any atom is 0.206 e. The molecule has 0 atom stereocenters. The third-order valence-corrected chi connectivity index (χ3v) is 2.69. The van der Waals surface area contributed by atoms with Crippen LogP contribution in [-0.4, -0.2) is 33.7 Å². The summed E-state index contributed by atoms with van der Waals surface area (Å²) >= 11 is 5.14. The average Bonchev–Trinajstić information content (AvgIpc) is 2.92. The zero-order valence-electron chi connectivity index (χ0n) is 10.5. The van der Waals surface area contributed by atoms with Crippen LogP contribution < -0.4 is 15.4 Å². The molecule has 0 saturated heterocycles. The van der Waals surface area contributed by atoms with Crippen LogP contribution in [0.15, 0.2) is 30.7 Å². The van der Waals surface area contributed by atoms with Crippen molar-refractivity contribution in [2.75, 3.05) is 19.0 Å². The van der Waals surface area contributed by atoms with E-state index in [2.05, 4.69) is 25.6 Å². The van der Waals surface area contributed by atoms with E-state index >= 15 is 0 Å². The minimum Gasteiger partial charge on any atom is -0.495 e. The Bertz CT molecular complexity index is 529. The molecule has 2 rings (SSSR count). The van der Waals surface area contributed by atoms with E-state index in [4.69, 9.17) is 17.0 Å². The molecule has 100 valence electrons. The number of thiocarbonyl (C=S) groups is 1. The van der Waals surface area contributed by atoms with Crippen LogP contribution in [0, 0.1) is 0 Å². The van der Waals surface area contributed by atoms with Crippen molar-refractivity contribution in [1.29, 1.82) is 0 Å². The number of aromatic nitrogens is 3. The van der Waals surface area contributed by atoms with Crippen LogP contribution in [0.25, 0.3) is 0 Å². The Morgan fingerprint density at radius 3 is 3.05 bits per heavy atom. The van der Waals surface area contributed by atoms with Gasteiger partial charge in [0.05, 0.1) is 12.8 Å². The van der Waals surface area contributed by atoms with Gasteiger partial charge in [0.15, 0.2) is 5.11 Å². The number of H-pyrrole nitrogens is 1. The Kier molecular flexibility index (Phi) is 4.68. The molecule has 19 heavy (non-hydrogen) atoms. The van der Waals surface area contributed by atoms with Crippen LogP contribution in [0.2, 0.25) is 0 Å². The van der Waals surface area contributed by atoms with E-state index in [1.165, 1.54) is 0 Å². The average molecular weight is 277 g/mol. The van der Waals surface area contributed by atoms with Crippen LogP contribution >= 0.6 is 12.2 Å². The summed E-state index contributed by atoms with van der Waals surface area (Å²) in [5.74, 6) is 1.40. The van der Waals surface area contributed by atoms with E-state index in [-0.39, 0.29) is 0 Å². The molecule has 0 radical (unpaired) electrons. The number of imidazole rings is 1. The summed E-state index contributed by atoms with van der Waals surface area (Å²) < 4.78 is 5.23. The van der Waals surface area contributed by atoms with Crippen molar-refractivity contribution in [2.24, 2.45) is 0 Å². The molecule has 0 aliphatic heterocycles. The van der Waals surface area contributed by atoms with Gasteiger partial charge < -0.3 is 20.4 Å². The lowest BCUT2D eigenvalue weighted by atomic mass is 10.2. The highest BCUT2D eigenvalue weighted by molar-refractivity contribution is 7.80. The number of hydrogen-bond donors (Lipinski definition) is 3. The second-order valence-electron chi connectivity index (χ2n) is 3.72. The first kappa shape index (κ1) is 13.3. The molecule has 2 heterocycles. The summed E-state index contributed by atoms with van der Waals surface area (Å²) in [5.41, 5.74) is 0.901. The molecule has 3 N–H and O–H groups in total. The summed E-state index contributed by atoms with van der Waals surface area (Å²) in [5, 5.41) is 6.54. The highest BCUT2D eigenvalue weighted by atomic mass is 32.1. The second-order valence-corrected chi connectivity index (χ2v) is 4.13. The summed E-state index contributed by atoms with van der Waals surface area (Å²) in [7, 11) is 1.64. The Hall–Kier alpha value is -2.15. The molecule has 2 aromatic heterocycles. The van der Waals surface area contributed by atoms with Gasteiger partial charge in [0, 0.05) is 31.6 Å². The number of methoxy groups -OCH3 is 1. The van der Waals surface area contributed by atoms with Gasteiger partial charge in [-0.2, -0.15) is 0 Å². The van der Waals surface area contributed by atoms with Gasteiger partial charge >= 0.3 is 0 Å². The van der Waals surface area contributed by atoms with Crippen molar-refractivity contribution in [3.8, 4) is 5.75 Å². The van der Waals surface area contributed by atoms with E-state index in [0.29, 0.717) is 17.6 Å². The zero-order valence-corrected chi connectivity index (χ0v) is 11.3. The zero-order chi connectivity index (χ0) is 13.5. The van der Waals surface area contributed by atoms with Gasteiger partial charge in [-0.3, -0.25) is 4.98 Å². The van der Waals surface area contributed by atoms with Crippen molar-refractivity contribution in [3.05, 3.63) is 36.4 Å². The summed E-state index contributed by atoms with van der Waals surface area (Å²) in [6.07, 6.45) is 5.86. The third-order valence-electron chi connectivity index (χ3n) is 2.45. The van der Waals surface area contributed by atoms with Crippen LogP contribution in [0.5, 0.6) is 5.75 Å². The SMILES string of the molecule is COc1cccnc1CCNC(=S)Nc1ncc[nH]1. The molecule has 0 spiro atoms. The van der Waals surface area contributed by atoms with Crippen molar-refractivity contribution in [1.82, 2.24) is 20.3 Å². The maximum atomic E-state index is 5.23. The first-order valence-corrected chi connectivity index (χ1v) is 6.22. The topological polar surface area (TPSA) is 74.9 Å². The quantitative estimate of drug-likeness (QED) is 0.716. The first-order valence-electron chi connectivity index (χ1n) is 5.81.